The van der Waals surface area contributed by atoms with E-state index >= 15 is 0 Å². The molecule has 0 amide bonds. The van der Waals surface area contributed by atoms with Crippen molar-refractivity contribution < 1.29 is 26.7 Å². The number of halogens is 5. The zero-order valence-corrected chi connectivity index (χ0v) is 16.5. The molecule has 0 bridgehead atoms. The van der Waals surface area contributed by atoms with Crippen LogP contribution in [0.5, 0.6) is 5.75 Å². The Kier molecular flexibility index (Phi) is 6.55. The average Bonchev–Trinajstić information content (AvgIpc) is 2.70. The summed E-state index contributed by atoms with van der Waals surface area (Å²) in [4.78, 5) is 0. The summed E-state index contributed by atoms with van der Waals surface area (Å²) in [5, 5.41) is 0. The molecular formula is C22H29F5O. The van der Waals surface area contributed by atoms with Crippen LogP contribution in [0, 0.1) is 48.0 Å². The van der Waals surface area contributed by atoms with Gasteiger partial charge < -0.3 is 4.74 Å². The molecule has 0 radical (unpaired) electrons. The Hall–Kier alpha value is -1.33. The Balaban J connectivity index is 1.59. The zero-order valence-electron chi connectivity index (χ0n) is 16.5. The summed E-state index contributed by atoms with van der Waals surface area (Å²) < 4.78 is 74.3. The lowest BCUT2D eigenvalue weighted by Gasteiger charge is -2.39. The van der Waals surface area contributed by atoms with E-state index in [9.17, 15) is 22.0 Å². The summed E-state index contributed by atoms with van der Waals surface area (Å²) in [7, 11) is 0. The van der Waals surface area contributed by atoms with Crippen molar-refractivity contribution in [1.82, 2.24) is 0 Å². The van der Waals surface area contributed by atoms with Crippen LogP contribution in [0.15, 0.2) is 6.07 Å². The van der Waals surface area contributed by atoms with Crippen LogP contribution in [0.25, 0.3) is 0 Å². The first-order chi connectivity index (χ1) is 13.2. The van der Waals surface area contributed by atoms with Gasteiger partial charge in [0.2, 0.25) is 0 Å². The first-order valence-electron chi connectivity index (χ1n) is 10.4. The van der Waals surface area contributed by atoms with Gasteiger partial charge in [-0.25, -0.2) is 13.2 Å². The Morgan fingerprint density at radius 3 is 1.96 bits per heavy atom. The van der Waals surface area contributed by atoms with Crippen LogP contribution in [0.3, 0.4) is 0 Å². The summed E-state index contributed by atoms with van der Waals surface area (Å²) in [5.41, 5.74) is -0.444. The maximum absolute atomic E-state index is 14.6. The highest BCUT2D eigenvalue weighted by Crippen LogP contribution is 2.46. The first-order valence-corrected chi connectivity index (χ1v) is 10.4. The number of ether oxygens (including phenoxy) is 1. The molecule has 2 saturated carbocycles. The SMILES string of the molecule is CCC1CCC(C2CCC(C(F)(F)Oc3cc(F)c(F)c(F)c3C)CC2)CC1. The average molecular weight is 404 g/mol. The lowest BCUT2D eigenvalue weighted by Crippen LogP contribution is -2.38. The minimum absolute atomic E-state index is 0.330. The largest absolute Gasteiger partial charge is 0.432 e. The van der Waals surface area contributed by atoms with Crippen molar-refractivity contribution in [2.45, 2.75) is 77.7 Å². The minimum atomic E-state index is -3.54. The molecule has 0 aliphatic heterocycles. The van der Waals surface area contributed by atoms with Gasteiger partial charge in [-0.3, -0.25) is 0 Å². The van der Waals surface area contributed by atoms with Crippen molar-refractivity contribution in [3.05, 3.63) is 29.1 Å². The highest BCUT2D eigenvalue weighted by atomic mass is 19.3. The lowest BCUT2D eigenvalue weighted by atomic mass is 9.69. The highest BCUT2D eigenvalue weighted by molar-refractivity contribution is 5.35. The van der Waals surface area contributed by atoms with Gasteiger partial charge in [0.1, 0.15) is 5.75 Å². The monoisotopic (exact) mass is 404 g/mol. The van der Waals surface area contributed by atoms with Crippen molar-refractivity contribution in [3.63, 3.8) is 0 Å². The second-order valence-corrected chi connectivity index (χ2v) is 8.57. The smallest absolute Gasteiger partial charge is 0.400 e. The molecule has 0 unspecified atom stereocenters. The van der Waals surface area contributed by atoms with E-state index in [4.69, 9.17) is 4.74 Å². The van der Waals surface area contributed by atoms with Crippen LogP contribution in [0.2, 0.25) is 0 Å². The highest BCUT2D eigenvalue weighted by Gasteiger charge is 2.45. The molecule has 0 N–H and O–H groups in total. The van der Waals surface area contributed by atoms with Gasteiger partial charge in [0.15, 0.2) is 17.5 Å². The van der Waals surface area contributed by atoms with E-state index in [0.717, 1.165) is 25.7 Å². The third-order valence-electron chi connectivity index (χ3n) is 6.99. The van der Waals surface area contributed by atoms with Crippen LogP contribution >= 0.6 is 0 Å². The molecule has 0 saturated heterocycles. The Labute approximate surface area is 163 Å². The second-order valence-electron chi connectivity index (χ2n) is 8.57. The second kappa shape index (κ2) is 8.58. The number of hydrogen-bond donors (Lipinski definition) is 0. The number of alkyl halides is 2. The van der Waals surface area contributed by atoms with E-state index in [-0.39, 0.29) is 0 Å². The summed E-state index contributed by atoms with van der Waals surface area (Å²) in [6, 6.07) is 0.499. The predicted molar refractivity (Wildman–Crippen MR) is 97.8 cm³/mol. The third-order valence-corrected chi connectivity index (χ3v) is 6.99. The Morgan fingerprint density at radius 2 is 1.43 bits per heavy atom. The molecule has 0 atom stereocenters. The van der Waals surface area contributed by atoms with Crippen molar-refractivity contribution in [3.8, 4) is 5.75 Å². The van der Waals surface area contributed by atoms with Gasteiger partial charge in [0.05, 0.1) is 5.92 Å². The van der Waals surface area contributed by atoms with Crippen molar-refractivity contribution >= 4 is 0 Å². The van der Waals surface area contributed by atoms with E-state index < -0.39 is 40.8 Å². The Morgan fingerprint density at radius 1 is 0.893 bits per heavy atom. The molecular weight excluding hydrogens is 375 g/mol. The van der Waals surface area contributed by atoms with Crippen LogP contribution < -0.4 is 4.74 Å². The van der Waals surface area contributed by atoms with Gasteiger partial charge in [-0.1, -0.05) is 26.2 Å². The van der Waals surface area contributed by atoms with Crippen LogP contribution in [0.1, 0.15) is 70.3 Å². The molecule has 6 heteroatoms. The fourth-order valence-corrected chi connectivity index (χ4v) is 4.99. The molecule has 0 aromatic heterocycles. The van der Waals surface area contributed by atoms with Crippen LogP contribution in [-0.4, -0.2) is 6.11 Å². The fourth-order valence-electron chi connectivity index (χ4n) is 4.99. The van der Waals surface area contributed by atoms with Gasteiger partial charge >= 0.3 is 6.11 Å². The Bertz CT molecular complexity index is 674. The van der Waals surface area contributed by atoms with Gasteiger partial charge in [0, 0.05) is 11.6 Å². The van der Waals surface area contributed by atoms with E-state index in [1.54, 1.807) is 0 Å². The standard InChI is InChI=1S/C22H29F5O/c1-3-14-4-6-15(7-5-14)16-8-10-17(11-9-16)22(26,27)28-19-12-18(23)21(25)20(24)13(19)2/h12,14-17H,3-11H2,1-2H3. The molecule has 1 aromatic rings. The molecule has 0 spiro atoms. The van der Waals surface area contributed by atoms with Crippen LogP contribution in [-0.2, 0) is 0 Å². The maximum Gasteiger partial charge on any atom is 0.400 e. The zero-order chi connectivity index (χ0) is 20.5. The number of hydrogen-bond acceptors (Lipinski definition) is 1. The van der Waals surface area contributed by atoms with Crippen molar-refractivity contribution in [2.24, 2.45) is 23.7 Å². The molecule has 3 rings (SSSR count). The van der Waals surface area contributed by atoms with Gasteiger partial charge in [-0.15, -0.1) is 0 Å². The topological polar surface area (TPSA) is 9.23 Å². The molecule has 2 fully saturated rings. The molecule has 0 heterocycles. The van der Waals surface area contributed by atoms with Crippen molar-refractivity contribution in [2.75, 3.05) is 0 Å². The fraction of sp³-hybridized carbons (Fsp3) is 0.727. The van der Waals surface area contributed by atoms with Gasteiger partial charge in [0.25, 0.3) is 0 Å². The van der Waals surface area contributed by atoms with E-state index in [1.807, 2.05) is 0 Å². The maximum atomic E-state index is 14.6. The molecule has 2 aliphatic rings. The molecule has 28 heavy (non-hydrogen) atoms. The molecule has 2 aliphatic carbocycles. The normalized spacial score (nSPS) is 29.0. The molecule has 158 valence electrons. The van der Waals surface area contributed by atoms with E-state index in [1.165, 1.54) is 32.1 Å². The summed E-state index contributed by atoms with van der Waals surface area (Å²) in [6.45, 7) is 3.33. The minimum Gasteiger partial charge on any atom is -0.432 e. The third kappa shape index (κ3) is 4.46. The van der Waals surface area contributed by atoms with E-state index in [0.29, 0.717) is 30.7 Å². The van der Waals surface area contributed by atoms with Gasteiger partial charge in [-0.05, 0) is 63.2 Å². The van der Waals surface area contributed by atoms with E-state index in [2.05, 4.69) is 6.92 Å². The summed E-state index contributed by atoms with van der Waals surface area (Å²) >= 11 is 0. The van der Waals surface area contributed by atoms with Gasteiger partial charge in [-0.2, -0.15) is 8.78 Å². The summed E-state index contributed by atoms with van der Waals surface area (Å²) in [6.07, 6.45) is 4.66. The predicted octanol–water partition coefficient (Wildman–Crippen LogP) is 7.41. The quantitative estimate of drug-likeness (QED) is 0.367. The molecule has 1 nitrogen and oxygen atoms in total. The number of benzene rings is 1. The van der Waals surface area contributed by atoms with Crippen molar-refractivity contribution in [1.29, 1.82) is 0 Å². The first kappa shape index (κ1) is 21.4. The lowest BCUT2D eigenvalue weighted by molar-refractivity contribution is -0.224. The summed E-state index contributed by atoms with van der Waals surface area (Å²) in [5.74, 6) is -4.41. The van der Waals surface area contributed by atoms with Crippen LogP contribution in [0.4, 0.5) is 22.0 Å². The number of rotatable bonds is 5. The molecule has 1 aromatic carbocycles.